The lowest BCUT2D eigenvalue weighted by Crippen LogP contribution is -1.89. The lowest BCUT2D eigenvalue weighted by atomic mass is 9.98. The quantitative estimate of drug-likeness (QED) is 0.702. The second kappa shape index (κ2) is 5.03. The van der Waals surface area contributed by atoms with Crippen molar-refractivity contribution in [3.8, 4) is 11.1 Å². The van der Waals surface area contributed by atoms with E-state index < -0.39 is 0 Å². The maximum atomic E-state index is 6.02. The predicted molar refractivity (Wildman–Crippen MR) is 74.0 cm³/mol. The van der Waals surface area contributed by atoms with Crippen molar-refractivity contribution in [2.45, 2.75) is 13.3 Å². The van der Waals surface area contributed by atoms with E-state index in [1.807, 2.05) is 18.2 Å². The lowest BCUT2D eigenvalue weighted by Gasteiger charge is -2.10. The zero-order valence-corrected chi connectivity index (χ0v) is 11.3. The molecule has 0 aromatic heterocycles. The highest BCUT2D eigenvalue weighted by atomic mass is 79.9. The second-order valence-electron chi connectivity index (χ2n) is 3.63. The summed E-state index contributed by atoms with van der Waals surface area (Å²) in [6.07, 6.45) is 1.00. The third-order valence-corrected chi connectivity index (χ3v) is 3.59. The van der Waals surface area contributed by atoms with Crippen LogP contribution in [0.3, 0.4) is 0 Å². The number of benzene rings is 2. The minimum Gasteiger partial charge on any atom is -0.0843 e. The van der Waals surface area contributed by atoms with Crippen LogP contribution in [0.15, 0.2) is 46.9 Å². The highest BCUT2D eigenvalue weighted by molar-refractivity contribution is 9.10. The Balaban J connectivity index is 2.60. The van der Waals surface area contributed by atoms with Gasteiger partial charge >= 0.3 is 0 Å². The summed E-state index contributed by atoms with van der Waals surface area (Å²) in [5.74, 6) is 0. The molecule has 0 fully saturated rings. The Morgan fingerprint density at radius 3 is 2.56 bits per heavy atom. The largest absolute Gasteiger partial charge is 0.0843 e. The van der Waals surface area contributed by atoms with Crippen molar-refractivity contribution in [2.75, 3.05) is 0 Å². The van der Waals surface area contributed by atoms with E-state index in [0.717, 1.165) is 15.9 Å². The van der Waals surface area contributed by atoms with Crippen LogP contribution in [0, 0.1) is 0 Å². The van der Waals surface area contributed by atoms with Gasteiger partial charge in [0.05, 0.1) is 0 Å². The van der Waals surface area contributed by atoms with Gasteiger partial charge < -0.3 is 0 Å². The molecule has 16 heavy (non-hydrogen) atoms. The van der Waals surface area contributed by atoms with Crippen LogP contribution >= 0.6 is 27.5 Å². The Morgan fingerprint density at radius 1 is 1.12 bits per heavy atom. The van der Waals surface area contributed by atoms with Crippen molar-refractivity contribution in [3.63, 3.8) is 0 Å². The first-order chi connectivity index (χ1) is 7.72. The molecule has 0 heterocycles. The molecule has 2 rings (SSSR count). The highest BCUT2D eigenvalue weighted by Gasteiger charge is 2.06. The number of halogens is 2. The summed E-state index contributed by atoms with van der Waals surface area (Å²) in [6.45, 7) is 2.16. The summed E-state index contributed by atoms with van der Waals surface area (Å²) in [5, 5.41) is 0.777. The van der Waals surface area contributed by atoms with Crippen LogP contribution in [-0.4, -0.2) is 0 Å². The summed E-state index contributed by atoms with van der Waals surface area (Å²) in [5.41, 5.74) is 3.75. The molecule has 0 aliphatic carbocycles. The molecular formula is C14H12BrCl. The Hall–Kier alpha value is -0.790. The third-order valence-electron chi connectivity index (χ3n) is 2.61. The van der Waals surface area contributed by atoms with E-state index in [1.54, 1.807) is 0 Å². The average Bonchev–Trinajstić information content (AvgIpc) is 2.28. The van der Waals surface area contributed by atoms with Gasteiger partial charge in [-0.2, -0.15) is 0 Å². The smallest absolute Gasteiger partial charge is 0.0412 e. The number of hydrogen-bond donors (Lipinski definition) is 0. The minimum atomic E-state index is 0.777. The zero-order chi connectivity index (χ0) is 11.5. The van der Waals surface area contributed by atoms with Gasteiger partial charge in [0.1, 0.15) is 0 Å². The third kappa shape index (κ3) is 2.31. The van der Waals surface area contributed by atoms with E-state index in [1.165, 1.54) is 16.7 Å². The fraction of sp³-hybridized carbons (Fsp3) is 0.143. The van der Waals surface area contributed by atoms with Gasteiger partial charge in [0, 0.05) is 9.50 Å². The summed E-state index contributed by atoms with van der Waals surface area (Å²) < 4.78 is 1.16. The van der Waals surface area contributed by atoms with E-state index in [2.05, 4.69) is 47.1 Å². The molecule has 2 aromatic rings. The normalized spacial score (nSPS) is 10.4. The fourth-order valence-corrected chi connectivity index (χ4v) is 2.68. The molecule has 0 atom stereocenters. The topological polar surface area (TPSA) is 0 Å². The SMILES string of the molecule is CCc1c(Br)cccc1-c1cccc(Cl)c1. The monoisotopic (exact) mass is 294 g/mol. The van der Waals surface area contributed by atoms with Crippen LogP contribution in [0.25, 0.3) is 11.1 Å². The maximum absolute atomic E-state index is 6.02. The molecule has 0 unspecified atom stereocenters. The molecule has 0 amide bonds. The molecule has 82 valence electrons. The van der Waals surface area contributed by atoms with Crippen LogP contribution in [0.5, 0.6) is 0 Å². The van der Waals surface area contributed by atoms with Crippen LogP contribution in [0.2, 0.25) is 5.02 Å². The van der Waals surface area contributed by atoms with Crippen LogP contribution in [0.1, 0.15) is 12.5 Å². The molecule has 0 saturated carbocycles. The first-order valence-corrected chi connectivity index (χ1v) is 6.42. The molecule has 0 aliphatic heterocycles. The highest BCUT2D eigenvalue weighted by Crippen LogP contribution is 2.30. The molecule has 0 bridgehead atoms. The molecule has 0 spiro atoms. The van der Waals surface area contributed by atoms with E-state index >= 15 is 0 Å². The molecule has 0 N–H and O–H groups in total. The van der Waals surface area contributed by atoms with Gasteiger partial charge in [0.15, 0.2) is 0 Å². The average molecular weight is 296 g/mol. The first kappa shape index (κ1) is 11.7. The first-order valence-electron chi connectivity index (χ1n) is 5.25. The van der Waals surface area contributed by atoms with Crippen molar-refractivity contribution in [1.82, 2.24) is 0 Å². The van der Waals surface area contributed by atoms with Crippen molar-refractivity contribution in [2.24, 2.45) is 0 Å². The second-order valence-corrected chi connectivity index (χ2v) is 4.92. The van der Waals surface area contributed by atoms with E-state index in [9.17, 15) is 0 Å². The van der Waals surface area contributed by atoms with E-state index in [0.29, 0.717) is 0 Å². The van der Waals surface area contributed by atoms with Crippen LogP contribution in [-0.2, 0) is 6.42 Å². The Morgan fingerprint density at radius 2 is 1.88 bits per heavy atom. The van der Waals surface area contributed by atoms with Crippen molar-refractivity contribution < 1.29 is 0 Å². The van der Waals surface area contributed by atoms with Gasteiger partial charge in [0.2, 0.25) is 0 Å². The summed E-state index contributed by atoms with van der Waals surface area (Å²) >= 11 is 9.61. The Kier molecular flexibility index (Phi) is 3.67. The molecule has 0 saturated heterocycles. The van der Waals surface area contributed by atoms with Gasteiger partial charge in [-0.05, 0) is 41.3 Å². The van der Waals surface area contributed by atoms with Crippen molar-refractivity contribution >= 4 is 27.5 Å². The van der Waals surface area contributed by atoms with Gasteiger partial charge in [-0.1, -0.05) is 58.7 Å². The maximum Gasteiger partial charge on any atom is 0.0412 e. The molecule has 2 heteroatoms. The van der Waals surface area contributed by atoms with Gasteiger partial charge in [-0.3, -0.25) is 0 Å². The minimum absolute atomic E-state index is 0.777. The molecule has 2 aromatic carbocycles. The van der Waals surface area contributed by atoms with E-state index in [4.69, 9.17) is 11.6 Å². The van der Waals surface area contributed by atoms with Crippen LogP contribution < -0.4 is 0 Å². The summed E-state index contributed by atoms with van der Waals surface area (Å²) in [4.78, 5) is 0. The standard InChI is InChI=1S/C14H12BrCl/c1-2-12-13(7-4-8-14(12)15)10-5-3-6-11(16)9-10/h3-9H,2H2,1H3. The van der Waals surface area contributed by atoms with Crippen molar-refractivity contribution in [1.29, 1.82) is 0 Å². The number of rotatable bonds is 2. The van der Waals surface area contributed by atoms with E-state index in [-0.39, 0.29) is 0 Å². The zero-order valence-electron chi connectivity index (χ0n) is 9.00. The molecule has 0 aliphatic rings. The van der Waals surface area contributed by atoms with Crippen molar-refractivity contribution in [3.05, 3.63) is 57.5 Å². The lowest BCUT2D eigenvalue weighted by molar-refractivity contribution is 1.13. The fourth-order valence-electron chi connectivity index (χ4n) is 1.84. The Labute approximate surface area is 109 Å². The molecule has 0 nitrogen and oxygen atoms in total. The van der Waals surface area contributed by atoms with Crippen LogP contribution in [0.4, 0.5) is 0 Å². The predicted octanol–water partition coefficient (Wildman–Crippen LogP) is 5.33. The Bertz CT molecular complexity index is 506. The van der Waals surface area contributed by atoms with Gasteiger partial charge in [-0.25, -0.2) is 0 Å². The van der Waals surface area contributed by atoms with Gasteiger partial charge in [0.25, 0.3) is 0 Å². The molecular weight excluding hydrogens is 284 g/mol. The number of hydrogen-bond acceptors (Lipinski definition) is 0. The summed E-state index contributed by atoms with van der Waals surface area (Å²) in [7, 11) is 0. The van der Waals surface area contributed by atoms with Gasteiger partial charge in [-0.15, -0.1) is 0 Å². The summed E-state index contributed by atoms with van der Waals surface area (Å²) in [6, 6.07) is 14.2. The molecule has 0 radical (unpaired) electrons.